The number of nitrogens with zero attached hydrogens (tertiary/aromatic N) is 6. The van der Waals surface area contributed by atoms with Crippen molar-refractivity contribution in [2.24, 2.45) is 0 Å². The van der Waals surface area contributed by atoms with E-state index in [0.717, 1.165) is 6.07 Å². The van der Waals surface area contributed by atoms with Crippen molar-refractivity contribution in [3.8, 4) is 17.0 Å². The molecule has 0 aliphatic rings. The van der Waals surface area contributed by atoms with Gasteiger partial charge in [-0.3, -0.25) is 0 Å². The second-order valence-electron chi connectivity index (χ2n) is 6.92. The molecule has 0 amide bonds. The number of aromatic nitrogens is 6. The van der Waals surface area contributed by atoms with Crippen molar-refractivity contribution in [3.63, 3.8) is 0 Å². The van der Waals surface area contributed by atoms with E-state index in [1.54, 1.807) is 19.1 Å². The van der Waals surface area contributed by atoms with Crippen molar-refractivity contribution in [2.75, 3.05) is 0 Å². The van der Waals surface area contributed by atoms with E-state index in [1.165, 1.54) is 46.5 Å². The van der Waals surface area contributed by atoms with Crippen LogP contribution < -0.4 is 0 Å². The van der Waals surface area contributed by atoms with E-state index < -0.39 is 23.3 Å². The number of rotatable bonds is 6. The lowest BCUT2D eigenvalue weighted by atomic mass is 9.86. The standard InChI is InChI=1S/C20H18F2N6O2/c1-13(28-24-9-19(26-28)14-3-2-4-16(29)7-14)20(30,10-27-12-23-11-25-27)17-6-5-15(21)8-18(17)22/h2-9,11-13,29-30H,10H2,1H3/t13-,20-/m1/s1. The number of aromatic hydroxyl groups is 1. The Labute approximate surface area is 170 Å². The molecule has 4 rings (SSSR count). The first-order valence-corrected chi connectivity index (χ1v) is 9.08. The molecule has 0 radical (unpaired) electrons. The summed E-state index contributed by atoms with van der Waals surface area (Å²) in [6, 6.07) is 8.59. The summed E-state index contributed by atoms with van der Waals surface area (Å²) < 4.78 is 29.4. The molecule has 0 bridgehead atoms. The summed E-state index contributed by atoms with van der Waals surface area (Å²) in [7, 11) is 0. The molecule has 2 heterocycles. The third kappa shape index (κ3) is 3.64. The topological polar surface area (TPSA) is 102 Å². The van der Waals surface area contributed by atoms with Crippen LogP contribution in [0.3, 0.4) is 0 Å². The number of hydrogen-bond acceptors (Lipinski definition) is 6. The van der Waals surface area contributed by atoms with Crippen LogP contribution in [0.15, 0.2) is 61.3 Å². The molecule has 0 fully saturated rings. The van der Waals surface area contributed by atoms with Crippen molar-refractivity contribution in [2.45, 2.75) is 25.1 Å². The molecule has 2 aromatic heterocycles. The molecule has 154 valence electrons. The minimum absolute atomic E-state index is 0.0752. The van der Waals surface area contributed by atoms with Crippen LogP contribution in [0.5, 0.6) is 5.75 Å². The molecule has 0 aliphatic carbocycles. The quantitative estimate of drug-likeness (QED) is 0.505. The van der Waals surface area contributed by atoms with E-state index in [9.17, 15) is 19.0 Å². The molecule has 2 aromatic carbocycles. The van der Waals surface area contributed by atoms with Crippen LogP contribution >= 0.6 is 0 Å². The van der Waals surface area contributed by atoms with Gasteiger partial charge < -0.3 is 10.2 Å². The summed E-state index contributed by atoms with van der Waals surface area (Å²) in [5.41, 5.74) is -0.912. The van der Waals surface area contributed by atoms with Crippen LogP contribution in [0.2, 0.25) is 0 Å². The molecule has 0 saturated carbocycles. The minimum atomic E-state index is -1.87. The molecular formula is C20H18F2N6O2. The summed E-state index contributed by atoms with van der Waals surface area (Å²) in [5.74, 6) is -1.58. The van der Waals surface area contributed by atoms with Gasteiger partial charge in [0, 0.05) is 17.2 Å². The largest absolute Gasteiger partial charge is 0.508 e. The van der Waals surface area contributed by atoms with Crippen LogP contribution in [0.4, 0.5) is 8.78 Å². The molecule has 8 nitrogen and oxygen atoms in total. The molecule has 0 unspecified atom stereocenters. The summed E-state index contributed by atoms with van der Waals surface area (Å²) in [6.07, 6.45) is 4.15. The highest BCUT2D eigenvalue weighted by Gasteiger charge is 2.41. The van der Waals surface area contributed by atoms with Crippen LogP contribution in [-0.4, -0.2) is 40.0 Å². The fourth-order valence-corrected chi connectivity index (χ4v) is 3.30. The van der Waals surface area contributed by atoms with Crippen molar-refractivity contribution in [1.29, 1.82) is 0 Å². The smallest absolute Gasteiger partial charge is 0.137 e. The Balaban J connectivity index is 1.75. The molecular weight excluding hydrogens is 394 g/mol. The zero-order chi connectivity index (χ0) is 21.3. The number of phenolic OH excluding ortho intramolecular Hbond substituents is 1. The van der Waals surface area contributed by atoms with E-state index in [4.69, 9.17) is 0 Å². The Morgan fingerprint density at radius 2 is 1.97 bits per heavy atom. The Morgan fingerprint density at radius 1 is 1.13 bits per heavy atom. The third-order valence-electron chi connectivity index (χ3n) is 4.96. The number of benzene rings is 2. The summed E-state index contributed by atoms with van der Waals surface area (Å²) in [4.78, 5) is 5.10. The summed E-state index contributed by atoms with van der Waals surface area (Å²) >= 11 is 0. The van der Waals surface area contributed by atoms with Crippen LogP contribution in [0.25, 0.3) is 11.3 Å². The second-order valence-corrected chi connectivity index (χ2v) is 6.92. The molecule has 10 heteroatoms. The average molecular weight is 412 g/mol. The summed E-state index contributed by atoms with van der Waals surface area (Å²) in [6.45, 7) is 1.45. The predicted octanol–water partition coefficient (Wildman–Crippen LogP) is 2.67. The molecule has 30 heavy (non-hydrogen) atoms. The fourth-order valence-electron chi connectivity index (χ4n) is 3.30. The SMILES string of the molecule is C[C@@H](n1ncc(-c2cccc(O)c2)n1)[C@](O)(Cn1cncn1)c1ccc(F)cc1F. The first-order valence-electron chi connectivity index (χ1n) is 9.08. The van der Waals surface area contributed by atoms with Gasteiger partial charge in [-0.05, 0) is 25.1 Å². The van der Waals surface area contributed by atoms with Crippen molar-refractivity contribution >= 4 is 0 Å². The fraction of sp³-hybridized carbons (Fsp3) is 0.200. The molecule has 2 N–H and O–H groups in total. The van der Waals surface area contributed by atoms with Gasteiger partial charge in [0.15, 0.2) is 0 Å². The Kier molecular flexibility index (Phi) is 5.00. The van der Waals surface area contributed by atoms with Crippen molar-refractivity contribution < 1.29 is 19.0 Å². The Hall–Kier alpha value is -3.66. The van der Waals surface area contributed by atoms with Gasteiger partial charge in [-0.2, -0.15) is 20.1 Å². The lowest BCUT2D eigenvalue weighted by molar-refractivity contribution is -0.0412. The van der Waals surface area contributed by atoms with Crippen molar-refractivity contribution in [1.82, 2.24) is 29.8 Å². The van der Waals surface area contributed by atoms with Gasteiger partial charge in [0.1, 0.15) is 47.4 Å². The maximum absolute atomic E-state index is 14.6. The molecule has 0 spiro atoms. The maximum Gasteiger partial charge on any atom is 0.137 e. The number of phenols is 1. The monoisotopic (exact) mass is 412 g/mol. The lowest BCUT2D eigenvalue weighted by Gasteiger charge is -2.34. The number of halogens is 2. The van der Waals surface area contributed by atoms with Gasteiger partial charge in [-0.1, -0.05) is 18.2 Å². The Bertz CT molecular complexity index is 1160. The van der Waals surface area contributed by atoms with E-state index in [0.29, 0.717) is 17.3 Å². The van der Waals surface area contributed by atoms with Crippen LogP contribution in [0, 0.1) is 11.6 Å². The van der Waals surface area contributed by atoms with Crippen LogP contribution in [-0.2, 0) is 12.1 Å². The van der Waals surface area contributed by atoms with E-state index in [2.05, 4.69) is 20.3 Å². The second kappa shape index (κ2) is 7.64. The van der Waals surface area contributed by atoms with Gasteiger partial charge >= 0.3 is 0 Å². The van der Waals surface area contributed by atoms with E-state index >= 15 is 0 Å². The Morgan fingerprint density at radius 3 is 2.67 bits per heavy atom. The summed E-state index contributed by atoms with van der Waals surface area (Å²) in [5, 5.41) is 33.8. The lowest BCUT2D eigenvalue weighted by Crippen LogP contribution is -2.41. The molecule has 2 atom stereocenters. The third-order valence-corrected chi connectivity index (χ3v) is 4.96. The van der Waals surface area contributed by atoms with Gasteiger partial charge in [-0.25, -0.2) is 18.4 Å². The molecule has 0 saturated heterocycles. The first kappa shape index (κ1) is 19.6. The molecule has 4 aromatic rings. The van der Waals surface area contributed by atoms with Gasteiger partial charge in [0.05, 0.1) is 12.7 Å². The van der Waals surface area contributed by atoms with E-state index in [-0.39, 0.29) is 17.9 Å². The van der Waals surface area contributed by atoms with Crippen LogP contribution in [0.1, 0.15) is 18.5 Å². The minimum Gasteiger partial charge on any atom is -0.508 e. The zero-order valence-electron chi connectivity index (χ0n) is 15.9. The number of aliphatic hydroxyl groups is 1. The zero-order valence-corrected chi connectivity index (χ0v) is 15.9. The highest BCUT2D eigenvalue weighted by molar-refractivity contribution is 5.59. The highest BCUT2D eigenvalue weighted by Crippen LogP contribution is 2.36. The molecule has 0 aliphatic heterocycles. The van der Waals surface area contributed by atoms with Gasteiger partial charge in [0.2, 0.25) is 0 Å². The predicted molar refractivity (Wildman–Crippen MR) is 102 cm³/mol. The van der Waals surface area contributed by atoms with E-state index in [1.807, 2.05) is 0 Å². The number of hydrogen-bond donors (Lipinski definition) is 2. The first-order chi connectivity index (χ1) is 14.4. The van der Waals surface area contributed by atoms with Crippen molar-refractivity contribution in [3.05, 3.63) is 78.5 Å². The van der Waals surface area contributed by atoms with Gasteiger partial charge in [0.25, 0.3) is 0 Å². The average Bonchev–Trinajstić information content (AvgIpc) is 3.39. The normalized spacial score (nSPS) is 14.4. The van der Waals surface area contributed by atoms with Gasteiger partial charge in [-0.15, -0.1) is 0 Å². The highest BCUT2D eigenvalue weighted by atomic mass is 19.1. The maximum atomic E-state index is 14.6.